The van der Waals surface area contributed by atoms with Gasteiger partial charge in [0, 0.05) is 23.5 Å². The molecule has 1 saturated carbocycles. The molecule has 2 aromatic rings. The van der Waals surface area contributed by atoms with Crippen LogP contribution in [-0.4, -0.2) is 25.0 Å². The molecule has 138 valence electrons. The molecule has 1 heterocycles. The molecule has 0 atom stereocenters. The molecule has 26 heavy (non-hydrogen) atoms. The average molecular weight is 375 g/mol. The summed E-state index contributed by atoms with van der Waals surface area (Å²) >= 11 is 6.13. The molecule has 4 N–H and O–H groups in total. The molecule has 1 aromatic heterocycles. The average Bonchev–Trinajstić information content (AvgIpc) is 3.26. The van der Waals surface area contributed by atoms with Crippen LogP contribution in [0, 0.1) is 0 Å². The van der Waals surface area contributed by atoms with Crippen molar-refractivity contribution >= 4 is 23.5 Å². The van der Waals surface area contributed by atoms with Crippen molar-refractivity contribution < 1.29 is 9.21 Å². The summed E-state index contributed by atoms with van der Waals surface area (Å²) in [4.78, 5) is 15.6. The van der Waals surface area contributed by atoms with Gasteiger partial charge in [0.25, 0.3) is 5.91 Å². The Kier molecular flexibility index (Phi) is 5.52. The molecule has 1 fully saturated rings. The third-order valence-corrected chi connectivity index (χ3v) is 4.76. The fraction of sp³-hybridized carbons (Fsp3) is 0.368. The number of benzene rings is 1. The summed E-state index contributed by atoms with van der Waals surface area (Å²) in [7, 11) is 0. The van der Waals surface area contributed by atoms with Crippen molar-refractivity contribution in [1.29, 1.82) is 0 Å². The number of rotatable bonds is 7. The molecule has 0 aliphatic heterocycles. The normalized spacial score (nSPS) is 15.5. The number of hydrogen-bond donors (Lipinski definition) is 3. The highest BCUT2D eigenvalue weighted by molar-refractivity contribution is 6.30. The van der Waals surface area contributed by atoms with Crippen LogP contribution in [0.5, 0.6) is 0 Å². The maximum Gasteiger partial charge on any atom is 0.284 e. The van der Waals surface area contributed by atoms with E-state index in [1.54, 1.807) is 12.1 Å². The number of carbonyl (C=O) groups excluding carboxylic acids is 1. The molecule has 0 saturated heterocycles. The second-order valence-electron chi connectivity index (χ2n) is 6.47. The first-order valence-electron chi connectivity index (χ1n) is 8.69. The predicted octanol–water partition coefficient (Wildman–Crippen LogP) is 2.82. The predicted molar refractivity (Wildman–Crippen MR) is 102 cm³/mol. The van der Waals surface area contributed by atoms with Crippen LogP contribution >= 0.6 is 11.6 Å². The number of nitrogens with one attached hydrogen (secondary N) is 2. The zero-order chi connectivity index (χ0) is 18.6. The molecule has 1 aromatic carbocycles. The van der Waals surface area contributed by atoms with Crippen LogP contribution in [0.15, 0.2) is 45.8 Å². The van der Waals surface area contributed by atoms with Crippen molar-refractivity contribution in [1.82, 2.24) is 10.6 Å². The minimum Gasteiger partial charge on any atom is -0.454 e. The second-order valence-corrected chi connectivity index (χ2v) is 6.91. The van der Waals surface area contributed by atoms with Gasteiger partial charge in [-0.1, -0.05) is 23.7 Å². The Morgan fingerprint density at radius 1 is 1.31 bits per heavy atom. The van der Waals surface area contributed by atoms with E-state index in [1.165, 1.54) is 5.56 Å². The lowest BCUT2D eigenvalue weighted by Gasteiger charge is -2.19. The van der Waals surface area contributed by atoms with Crippen molar-refractivity contribution in [2.24, 2.45) is 10.7 Å². The number of aliphatic imine (C=N–C) groups is 1. The van der Waals surface area contributed by atoms with E-state index in [9.17, 15) is 4.79 Å². The van der Waals surface area contributed by atoms with E-state index in [4.69, 9.17) is 21.8 Å². The van der Waals surface area contributed by atoms with E-state index in [2.05, 4.69) is 21.7 Å². The first-order chi connectivity index (χ1) is 12.5. The summed E-state index contributed by atoms with van der Waals surface area (Å²) < 4.78 is 5.36. The van der Waals surface area contributed by atoms with Crippen molar-refractivity contribution in [3.8, 4) is 0 Å². The number of halogens is 1. The Morgan fingerprint density at radius 2 is 2.12 bits per heavy atom. The lowest BCUT2D eigenvalue weighted by molar-refractivity contribution is 0.0972. The van der Waals surface area contributed by atoms with Gasteiger partial charge in [-0.25, -0.2) is 4.99 Å². The summed E-state index contributed by atoms with van der Waals surface area (Å²) in [5, 5.41) is 7.39. The Hall–Kier alpha value is -2.47. The lowest BCUT2D eigenvalue weighted by Crippen LogP contribution is -2.41. The summed E-state index contributed by atoms with van der Waals surface area (Å²) in [5.41, 5.74) is 6.57. The van der Waals surface area contributed by atoms with Gasteiger partial charge in [0.1, 0.15) is 12.3 Å². The third kappa shape index (κ3) is 4.38. The number of guanidine groups is 1. The maximum absolute atomic E-state index is 11.1. The first kappa shape index (κ1) is 18.3. The van der Waals surface area contributed by atoms with E-state index >= 15 is 0 Å². The molecule has 0 bridgehead atoms. The molecule has 1 aliphatic carbocycles. The Bertz CT molecular complexity index is 811. The van der Waals surface area contributed by atoms with E-state index in [-0.39, 0.29) is 11.2 Å². The Labute approximate surface area is 157 Å². The minimum absolute atomic E-state index is 0.116. The van der Waals surface area contributed by atoms with Gasteiger partial charge in [0.15, 0.2) is 11.7 Å². The summed E-state index contributed by atoms with van der Waals surface area (Å²) in [6.07, 6.45) is 2.25. The van der Waals surface area contributed by atoms with E-state index < -0.39 is 5.91 Å². The fourth-order valence-electron chi connectivity index (χ4n) is 2.88. The van der Waals surface area contributed by atoms with Gasteiger partial charge in [0.05, 0.1) is 0 Å². The lowest BCUT2D eigenvalue weighted by atomic mass is 9.96. The Morgan fingerprint density at radius 3 is 2.73 bits per heavy atom. The van der Waals surface area contributed by atoms with Gasteiger partial charge in [-0.2, -0.15) is 0 Å². The van der Waals surface area contributed by atoms with Crippen LogP contribution in [0.2, 0.25) is 5.02 Å². The van der Waals surface area contributed by atoms with Crippen molar-refractivity contribution in [2.45, 2.75) is 31.7 Å². The van der Waals surface area contributed by atoms with Crippen molar-refractivity contribution in [3.63, 3.8) is 0 Å². The standard InChI is InChI=1S/C19H23ClN4O2/c1-2-22-18(23-11-15-6-7-16(26-15)17(21)25)24-12-19(8-9-19)13-4-3-5-14(20)10-13/h3-7,10H,2,8-9,11-12H2,1H3,(H2,21,25)(H2,22,23,24). The van der Waals surface area contributed by atoms with Gasteiger partial charge in [0.2, 0.25) is 0 Å². The number of primary amides is 1. The molecule has 0 unspecified atom stereocenters. The van der Waals surface area contributed by atoms with Crippen LogP contribution in [0.25, 0.3) is 0 Å². The molecule has 1 aliphatic rings. The molecular weight excluding hydrogens is 352 g/mol. The highest BCUT2D eigenvalue weighted by atomic mass is 35.5. The number of nitrogens with two attached hydrogens (primary N) is 1. The van der Waals surface area contributed by atoms with E-state index in [0.717, 1.165) is 31.0 Å². The van der Waals surface area contributed by atoms with Gasteiger partial charge >= 0.3 is 0 Å². The number of carbonyl (C=O) groups is 1. The summed E-state index contributed by atoms with van der Waals surface area (Å²) in [6.45, 7) is 3.87. The molecule has 3 rings (SSSR count). The number of amides is 1. The highest BCUT2D eigenvalue weighted by Gasteiger charge is 2.44. The quantitative estimate of drug-likeness (QED) is 0.513. The minimum atomic E-state index is -0.581. The SMILES string of the molecule is CCNC(=NCc1ccc(C(N)=O)o1)NCC1(c2cccc(Cl)c2)CC1. The van der Waals surface area contributed by atoms with Gasteiger partial charge in [-0.3, -0.25) is 4.79 Å². The summed E-state index contributed by atoms with van der Waals surface area (Å²) in [5.74, 6) is 0.860. The van der Waals surface area contributed by atoms with Crippen LogP contribution in [0.1, 0.15) is 41.6 Å². The van der Waals surface area contributed by atoms with E-state index in [0.29, 0.717) is 18.3 Å². The number of hydrogen-bond acceptors (Lipinski definition) is 3. The molecule has 7 heteroatoms. The zero-order valence-electron chi connectivity index (χ0n) is 14.7. The van der Waals surface area contributed by atoms with Crippen molar-refractivity contribution in [3.05, 3.63) is 58.5 Å². The zero-order valence-corrected chi connectivity index (χ0v) is 15.5. The molecule has 0 radical (unpaired) electrons. The maximum atomic E-state index is 11.1. The topological polar surface area (TPSA) is 92.6 Å². The Balaban J connectivity index is 1.63. The van der Waals surface area contributed by atoms with Crippen LogP contribution in [-0.2, 0) is 12.0 Å². The third-order valence-electron chi connectivity index (χ3n) is 4.53. The molecule has 1 amide bonds. The molecular formula is C19H23ClN4O2. The number of nitrogens with zero attached hydrogens (tertiary/aromatic N) is 1. The second kappa shape index (κ2) is 7.83. The van der Waals surface area contributed by atoms with E-state index in [1.807, 2.05) is 25.1 Å². The molecule has 0 spiro atoms. The largest absolute Gasteiger partial charge is 0.454 e. The van der Waals surface area contributed by atoms with Gasteiger partial charge < -0.3 is 20.8 Å². The smallest absolute Gasteiger partial charge is 0.284 e. The van der Waals surface area contributed by atoms with Crippen LogP contribution in [0.4, 0.5) is 0 Å². The van der Waals surface area contributed by atoms with Gasteiger partial charge in [-0.15, -0.1) is 0 Å². The number of furan rings is 1. The monoisotopic (exact) mass is 374 g/mol. The van der Waals surface area contributed by atoms with Crippen LogP contribution < -0.4 is 16.4 Å². The highest BCUT2D eigenvalue weighted by Crippen LogP contribution is 2.48. The van der Waals surface area contributed by atoms with Crippen LogP contribution in [0.3, 0.4) is 0 Å². The van der Waals surface area contributed by atoms with Gasteiger partial charge in [-0.05, 0) is 49.6 Å². The van der Waals surface area contributed by atoms with Crippen molar-refractivity contribution in [2.75, 3.05) is 13.1 Å². The molecule has 6 nitrogen and oxygen atoms in total. The fourth-order valence-corrected chi connectivity index (χ4v) is 3.07. The first-order valence-corrected chi connectivity index (χ1v) is 9.07. The summed E-state index contributed by atoms with van der Waals surface area (Å²) in [6, 6.07) is 11.3.